The maximum Gasteiger partial charge on any atom is 0.410 e. The molecule has 0 N–H and O–H groups in total. The molecule has 3 fully saturated rings. The molecular weight excluding hydrogens is 580 g/mol. The molecule has 0 bridgehead atoms. The van der Waals surface area contributed by atoms with Crippen molar-refractivity contribution in [3.8, 4) is 0 Å². The smallest absolute Gasteiger partial charge is 0.410 e. The van der Waals surface area contributed by atoms with Crippen molar-refractivity contribution >= 4 is 27.9 Å². The summed E-state index contributed by atoms with van der Waals surface area (Å²) in [5.41, 5.74) is 0.451. The number of urea groups is 1. The standard InChI is InChI=1S/C33H44N4O6S/c1-6-37-30(39)36(20-24-12-14-27(15-13-24)44(5,41)42)29(38)33(37)16-18-34(19-17-33)21-26-22-35(31(40)43-32(2,3)4)23-28(26)25-10-8-7-9-11-25/h7-15,26,28H,6,16-23H2,1-5H3/t26-,28+/m0/s1. The van der Waals surface area contributed by atoms with E-state index in [0.717, 1.165) is 12.8 Å². The van der Waals surface area contributed by atoms with E-state index in [-0.39, 0.29) is 41.3 Å². The van der Waals surface area contributed by atoms with Gasteiger partial charge in [-0.25, -0.2) is 18.0 Å². The van der Waals surface area contributed by atoms with Gasteiger partial charge in [0.25, 0.3) is 5.91 Å². The van der Waals surface area contributed by atoms with Crippen molar-refractivity contribution in [2.75, 3.05) is 45.5 Å². The van der Waals surface area contributed by atoms with Gasteiger partial charge in [-0.1, -0.05) is 42.5 Å². The van der Waals surface area contributed by atoms with E-state index in [9.17, 15) is 22.8 Å². The van der Waals surface area contributed by atoms with Crippen molar-refractivity contribution in [2.45, 2.75) is 69.0 Å². The molecule has 4 amide bonds. The summed E-state index contributed by atoms with van der Waals surface area (Å²) in [6.07, 6.45) is 1.93. The van der Waals surface area contributed by atoms with Crippen LogP contribution in [0.2, 0.25) is 0 Å². The number of carbonyl (C=O) groups excluding carboxylic acids is 3. The molecule has 0 aromatic heterocycles. The quantitative estimate of drug-likeness (QED) is 0.422. The summed E-state index contributed by atoms with van der Waals surface area (Å²) in [5, 5.41) is 0. The molecule has 3 heterocycles. The van der Waals surface area contributed by atoms with Crippen molar-refractivity contribution in [3.05, 3.63) is 65.7 Å². The number of imide groups is 1. The van der Waals surface area contributed by atoms with Crippen LogP contribution >= 0.6 is 0 Å². The first kappa shape index (κ1) is 32.0. The van der Waals surface area contributed by atoms with E-state index < -0.39 is 21.0 Å². The highest BCUT2D eigenvalue weighted by Gasteiger charge is 2.57. The number of sulfone groups is 1. The maximum atomic E-state index is 13.9. The Balaban J connectivity index is 1.27. The predicted molar refractivity (Wildman–Crippen MR) is 167 cm³/mol. The second-order valence-electron chi connectivity index (χ2n) is 13.3. The molecule has 44 heavy (non-hydrogen) atoms. The molecule has 0 saturated carbocycles. The fraction of sp³-hybridized carbons (Fsp3) is 0.545. The van der Waals surface area contributed by atoms with Gasteiger partial charge >= 0.3 is 12.1 Å². The van der Waals surface area contributed by atoms with Gasteiger partial charge in [0.2, 0.25) is 0 Å². The van der Waals surface area contributed by atoms with E-state index >= 15 is 0 Å². The van der Waals surface area contributed by atoms with Gasteiger partial charge < -0.3 is 19.4 Å². The summed E-state index contributed by atoms with van der Waals surface area (Å²) in [6, 6.07) is 16.3. The molecular formula is C33H44N4O6S. The van der Waals surface area contributed by atoms with E-state index in [1.165, 1.54) is 22.6 Å². The molecule has 3 aliphatic heterocycles. The molecule has 2 atom stereocenters. The second kappa shape index (κ2) is 12.2. The second-order valence-corrected chi connectivity index (χ2v) is 15.3. The first-order chi connectivity index (χ1) is 20.7. The highest BCUT2D eigenvalue weighted by atomic mass is 32.2. The van der Waals surface area contributed by atoms with E-state index in [1.807, 2.05) is 50.8 Å². The van der Waals surface area contributed by atoms with Crippen LogP contribution in [0.15, 0.2) is 59.5 Å². The Morgan fingerprint density at radius 3 is 2.18 bits per heavy atom. The van der Waals surface area contributed by atoms with Crippen molar-refractivity contribution in [1.82, 2.24) is 19.6 Å². The molecule has 10 nitrogen and oxygen atoms in total. The largest absolute Gasteiger partial charge is 0.444 e. The highest BCUT2D eigenvalue weighted by Crippen LogP contribution is 2.40. The van der Waals surface area contributed by atoms with Crippen molar-refractivity contribution in [1.29, 1.82) is 0 Å². The Hall–Kier alpha value is -3.44. The molecule has 0 unspecified atom stereocenters. The summed E-state index contributed by atoms with van der Waals surface area (Å²) < 4.78 is 29.4. The molecule has 0 radical (unpaired) electrons. The number of likely N-dealkylation sites (tertiary alicyclic amines) is 2. The third-order valence-corrected chi connectivity index (χ3v) is 10.3. The van der Waals surface area contributed by atoms with E-state index in [0.29, 0.717) is 51.1 Å². The summed E-state index contributed by atoms with van der Waals surface area (Å²) in [6.45, 7) is 11.4. The number of hydrogen-bond acceptors (Lipinski definition) is 7. The summed E-state index contributed by atoms with van der Waals surface area (Å²) >= 11 is 0. The third kappa shape index (κ3) is 6.49. The monoisotopic (exact) mass is 624 g/mol. The summed E-state index contributed by atoms with van der Waals surface area (Å²) in [7, 11) is -3.34. The Morgan fingerprint density at radius 2 is 1.61 bits per heavy atom. The normalized spacial score (nSPS) is 22.7. The molecule has 1 spiro atoms. The van der Waals surface area contributed by atoms with Gasteiger partial charge in [0.15, 0.2) is 9.84 Å². The topological polar surface area (TPSA) is 108 Å². The van der Waals surface area contributed by atoms with Crippen LogP contribution in [0.4, 0.5) is 9.59 Å². The number of likely N-dealkylation sites (N-methyl/N-ethyl adjacent to an activating group) is 1. The first-order valence-electron chi connectivity index (χ1n) is 15.4. The molecule has 238 valence electrons. The Labute approximate surface area is 260 Å². The van der Waals surface area contributed by atoms with E-state index in [1.54, 1.807) is 17.0 Å². The van der Waals surface area contributed by atoms with Gasteiger partial charge in [0.05, 0.1) is 11.4 Å². The molecule has 5 rings (SSSR count). The zero-order valence-corrected chi connectivity index (χ0v) is 27.2. The average molecular weight is 625 g/mol. The fourth-order valence-corrected chi connectivity index (χ4v) is 7.55. The number of rotatable bonds is 7. The van der Waals surface area contributed by atoms with Crippen LogP contribution in [0.3, 0.4) is 0 Å². The first-order valence-corrected chi connectivity index (χ1v) is 17.3. The lowest BCUT2D eigenvalue weighted by molar-refractivity contribution is -0.136. The van der Waals surface area contributed by atoms with E-state index in [4.69, 9.17) is 4.74 Å². The Morgan fingerprint density at radius 1 is 0.977 bits per heavy atom. The minimum Gasteiger partial charge on any atom is -0.444 e. The van der Waals surface area contributed by atoms with Crippen molar-refractivity contribution in [2.24, 2.45) is 5.92 Å². The van der Waals surface area contributed by atoms with Gasteiger partial charge in [0, 0.05) is 51.4 Å². The van der Waals surface area contributed by atoms with Gasteiger partial charge in [-0.2, -0.15) is 0 Å². The lowest BCUT2D eigenvalue weighted by Crippen LogP contribution is -2.57. The molecule has 3 aliphatic rings. The average Bonchev–Trinajstić information content (AvgIpc) is 3.47. The van der Waals surface area contributed by atoms with Gasteiger partial charge in [-0.15, -0.1) is 0 Å². The van der Waals surface area contributed by atoms with Crippen LogP contribution in [-0.4, -0.2) is 103 Å². The number of amides is 4. The van der Waals surface area contributed by atoms with E-state index in [2.05, 4.69) is 17.0 Å². The van der Waals surface area contributed by atoms with Gasteiger partial charge in [-0.3, -0.25) is 9.69 Å². The lowest BCUT2D eigenvalue weighted by atomic mass is 9.84. The zero-order valence-electron chi connectivity index (χ0n) is 26.4. The summed E-state index contributed by atoms with van der Waals surface area (Å²) in [4.78, 5) is 47.8. The SMILES string of the molecule is CCN1C(=O)N(Cc2ccc(S(C)(=O)=O)cc2)C(=O)C12CCN(C[C@H]1CN(C(=O)OC(C)(C)C)C[C@@H]1c1ccccc1)CC2. The molecule has 2 aromatic carbocycles. The fourth-order valence-electron chi connectivity index (χ4n) is 6.91. The number of carbonyl (C=O) groups is 3. The predicted octanol–water partition coefficient (Wildman–Crippen LogP) is 4.36. The number of benzene rings is 2. The number of piperidine rings is 1. The van der Waals surface area contributed by atoms with Gasteiger partial charge in [-0.05, 0) is 69.7 Å². The van der Waals surface area contributed by atoms with Crippen LogP contribution < -0.4 is 0 Å². The molecule has 3 saturated heterocycles. The minimum absolute atomic E-state index is 0.102. The third-order valence-electron chi connectivity index (χ3n) is 9.13. The molecule has 0 aliphatic carbocycles. The van der Waals surface area contributed by atoms with Crippen LogP contribution in [-0.2, 0) is 25.9 Å². The number of nitrogens with zero attached hydrogens (tertiary/aromatic N) is 4. The zero-order chi connectivity index (χ0) is 31.9. The summed E-state index contributed by atoms with van der Waals surface area (Å²) in [5.74, 6) is 0.190. The van der Waals surface area contributed by atoms with Gasteiger partial charge in [0.1, 0.15) is 11.1 Å². The molecule has 11 heteroatoms. The number of ether oxygens (including phenoxy) is 1. The van der Waals surface area contributed by atoms with Crippen molar-refractivity contribution < 1.29 is 27.5 Å². The highest BCUT2D eigenvalue weighted by molar-refractivity contribution is 7.90. The Bertz CT molecular complexity index is 1480. The maximum absolute atomic E-state index is 13.9. The number of hydrogen-bond donors (Lipinski definition) is 0. The lowest BCUT2D eigenvalue weighted by Gasteiger charge is -2.42. The van der Waals surface area contributed by atoms with Crippen LogP contribution in [0.1, 0.15) is 57.6 Å². The minimum atomic E-state index is -3.34. The van der Waals surface area contributed by atoms with Crippen LogP contribution in [0.5, 0.6) is 0 Å². The van der Waals surface area contributed by atoms with Crippen LogP contribution in [0, 0.1) is 5.92 Å². The Kier molecular flexibility index (Phi) is 8.83. The van der Waals surface area contributed by atoms with Crippen LogP contribution in [0.25, 0.3) is 0 Å². The molecule has 2 aromatic rings. The van der Waals surface area contributed by atoms with Crippen molar-refractivity contribution in [3.63, 3.8) is 0 Å².